The van der Waals surface area contributed by atoms with Gasteiger partial charge in [-0.3, -0.25) is 0 Å². The Hall–Kier alpha value is -2.20. The standard InChI is InChI=1S/C16H16FN3/c1-11-6-7-12(17)8-13(11)14(18)9-20-10-19-15-4-2-3-5-16(15)20/h2-8,10,14H,9,18H2,1H3. The zero-order valence-corrected chi connectivity index (χ0v) is 11.3. The first-order chi connectivity index (χ1) is 9.65. The molecule has 0 aliphatic rings. The molecule has 20 heavy (non-hydrogen) atoms. The SMILES string of the molecule is Cc1ccc(F)cc1C(N)Cn1cnc2ccccc21. The van der Waals surface area contributed by atoms with Crippen molar-refractivity contribution in [3.8, 4) is 0 Å². The fourth-order valence-electron chi connectivity index (χ4n) is 2.48. The number of nitrogens with two attached hydrogens (primary N) is 1. The van der Waals surface area contributed by atoms with E-state index in [0.29, 0.717) is 6.54 Å². The summed E-state index contributed by atoms with van der Waals surface area (Å²) in [6.45, 7) is 2.52. The van der Waals surface area contributed by atoms with Crippen LogP contribution in [0.5, 0.6) is 0 Å². The monoisotopic (exact) mass is 269 g/mol. The van der Waals surface area contributed by atoms with E-state index in [1.165, 1.54) is 12.1 Å². The van der Waals surface area contributed by atoms with Crippen LogP contribution in [0.15, 0.2) is 48.8 Å². The van der Waals surface area contributed by atoms with Gasteiger partial charge < -0.3 is 10.3 Å². The van der Waals surface area contributed by atoms with E-state index in [1.54, 1.807) is 12.4 Å². The number of aromatic nitrogens is 2. The molecule has 1 heterocycles. The Morgan fingerprint density at radius 3 is 2.90 bits per heavy atom. The molecule has 2 N–H and O–H groups in total. The van der Waals surface area contributed by atoms with E-state index < -0.39 is 0 Å². The number of para-hydroxylation sites is 2. The molecule has 0 saturated carbocycles. The highest BCUT2D eigenvalue weighted by atomic mass is 19.1. The van der Waals surface area contributed by atoms with Gasteiger partial charge in [-0.2, -0.15) is 0 Å². The minimum absolute atomic E-state index is 0.253. The van der Waals surface area contributed by atoms with Gasteiger partial charge in [-0.1, -0.05) is 18.2 Å². The van der Waals surface area contributed by atoms with Crippen molar-refractivity contribution in [3.05, 3.63) is 65.7 Å². The van der Waals surface area contributed by atoms with Crippen molar-refractivity contribution in [1.29, 1.82) is 0 Å². The number of benzene rings is 2. The van der Waals surface area contributed by atoms with Crippen LogP contribution in [0.1, 0.15) is 17.2 Å². The predicted molar refractivity (Wildman–Crippen MR) is 77.8 cm³/mol. The third-order valence-electron chi connectivity index (χ3n) is 3.56. The Labute approximate surface area is 116 Å². The molecule has 0 amide bonds. The van der Waals surface area contributed by atoms with E-state index >= 15 is 0 Å². The fraction of sp³-hybridized carbons (Fsp3) is 0.188. The molecule has 1 atom stereocenters. The minimum Gasteiger partial charge on any atom is -0.329 e. The van der Waals surface area contributed by atoms with Gasteiger partial charge in [0.15, 0.2) is 0 Å². The zero-order valence-electron chi connectivity index (χ0n) is 11.3. The average Bonchev–Trinajstić information content (AvgIpc) is 2.85. The first kappa shape index (κ1) is 12.8. The van der Waals surface area contributed by atoms with Gasteiger partial charge >= 0.3 is 0 Å². The second kappa shape index (κ2) is 5.06. The van der Waals surface area contributed by atoms with E-state index in [9.17, 15) is 4.39 Å². The van der Waals surface area contributed by atoms with Crippen molar-refractivity contribution in [2.75, 3.05) is 0 Å². The van der Waals surface area contributed by atoms with Gasteiger partial charge in [0.2, 0.25) is 0 Å². The van der Waals surface area contributed by atoms with Crippen molar-refractivity contribution in [2.45, 2.75) is 19.5 Å². The molecular weight excluding hydrogens is 253 g/mol. The lowest BCUT2D eigenvalue weighted by atomic mass is 10.0. The van der Waals surface area contributed by atoms with Crippen LogP contribution in [-0.4, -0.2) is 9.55 Å². The molecule has 0 spiro atoms. The number of fused-ring (bicyclic) bond motifs is 1. The number of rotatable bonds is 3. The number of hydrogen-bond acceptors (Lipinski definition) is 2. The van der Waals surface area contributed by atoms with Crippen LogP contribution in [0.2, 0.25) is 0 Å². The summed E-state index contributed by atoms with van der Waals surface area (Å²) in [4.78, 5) is 4.34. The maximum atomic E-state index is 13.4. The minimum atomic E-state index is -0.261. The van der Waals surface area contributed by atoms with Crippen LogP contribution in [-0.2, 0) is 6.54 Å². The summed E-state index contributed by atoms with van der Waals surface area (Å²) in [7, 11) is 0. The molecule has 0 bridgehead atoms. The summed E-state index contributed by atoms with van der Waals surface area (Å²) in [6, 6.07) is 12.4. The van der Waals surface area contributed by atoms with Crippen LogP contribution in [0.25, 0.3) is 11.0 Å². The van der Waals surface area contributed by atoms with Crippen molar-refractivity contribution < 1.29 is 4.39 Å². The number of nitrogens with zero attached hydrogens (tertiary/aromatic N) is 2. The molecule has 1 aromatic heterocycles. The summed E-state index contributed by atoms with van der Waals surface area (Å²) in [6.07, 6.45) is 1.78. The molecule has 4 heteroatoms. The molecule has 0 saturated heterocycles. The molecule has 3 rings (SSSR count). The summed E-state index contributed by atoms with van der Waals surface area (Å²) in [5.41, 5.74) is 10.0. The quantitative estimate of drug-likeness (QED) is 0.793. The smallest absolute Gasteiger partial charge is 0.123 e. The molecule has 102 valence electrons. The topological polar surface area (TPSA) is 43.8 Å². The molecule has 0 aliphatic carbocycles. The average molecular weight is 269 g/mol. The highest BCUT2D eigenvalue weighted by Gasteiger charge is 2.12. The summed E-state index contributed by atoms with van der Waals surface area (Å²) in [5.74, 6) is -0.253. The van der Waals surface area contributed by atoms with E-state index in [1.807, 2.05) is 35.8 Å². The Morgan fingerprint density at radius 1 is 1.25 bits per heavy atom. The van der Waals surface area contributed by atoms with Crippen LogP contribution >= 0.6 is 0 Å². The number of hydrogen-bond donors (Lipinski definition) is 1. The second-order valence-electron chi connectivity index (χ2n) is 4.99. The lowest BCUT2D eigenvalue weighted by molar-refractivity contribution is 0.574. The van der Waals surface area contributed by atoms with E-state index in [4.69, 9.17) is 5.73 Å². The lowest BCUT2D eigenvalue weighted by Crippen LogP contribution is -2.18. The van der Waals surface area contributed by atoms with E-state index in [-0.39, 0.29) is 11.9 Å². The lowest BCUT2D eigenvalue weighted by Gasteiger charge is -2.16. The molecule has 3 nitrogen and oxygen atoms in total. The Morgan fingerprint density at radius 2 is 2.05 bits per heavy atom. The van der Waals surface area contributed by atoms with Crippen molar-refractivity contribution in [1.82, 2.24) is 9.55 Å². The highest BCUT2D eigenvalue weighted by Crippen LogP contribution is 2.21. The zero-order chi connectivity index (χ0) is 14.1. The first-order valence-corrected chi connectivity index (χ1v) is 6.56. The molecule has 3 aromatic rings. The Kier molecular flexibility index (Phi) is 3.24. The maximum Gasteiger partial charge on any atom is 0.123 e. The van der Waals surface area contributed by atoms with Crippen molar-refractivity contribution >= 4 is 11.0 Å². The van der Waals surface area contributed by atoms with Crippen molar-refractivity contribution in [3.63, 3.8) is 0 Å². The van der Waals surface area contributed by atoms with Gasteiger partial charge in [0.25, 0.3) is 0 Å². The second-order valence-corrected chi connectivity index (χ2v) is 4.99. The third-order valence-corrected chi connectivity index (χ3v) is 3.56. The van der Waals surface area contributed by atoms with Gasteiger partial charge in [-0.25, -0.2) is 9.37 Å². The molecule has 0 aliphatic heterocycles. The number of halogens is 1. The van der Waals surface area contributed by atoms with E-state index in [2.05, 4.69) is 4.98 Å². The molecule has 1 unspecified atom stereocenters. The largest absolute Gasteiger partial charge is 0.329 e. The van der Waals surface area contributed by atoms with Gasteiger partial charge in [-0.05, 0) is 42.3 Å². The predicted octanol–water partition coefficient (Wildman–Crippen LogP) is 3.18. The summed E-state index contributed by atoms with van der Waals surface area (Å²) in [5, 5.41) is 0. The fourth-order valence-corrected chi connectivity index (χ4v) is 2.48. The normalized spacial score (nSPS) is 12.8. The summed E-state index contributed by atoms with van der Waals surface area (Å²) < 4.78 is 15.4. The number of imidazole rings is 1. The van der Waals surface area contributed by atoms with Crippen LogP contribution in [0, 0.1) is 12.7 Å². The molecule has 0 radical (unpaired) electrons. The first-order valence-electron chi connectivity index (χ1n) is 6.56. The Balaban J connectivity index is 1.92. The van der Waals surface area contributed by atoms with Gasteiger partial charge in [-0.15, -0.1) is 0 Å². The summed E-state index contributed by atoms with van der Waals surface area (Å²) >= 11 is 0. The van der Waals surface area contributed by atoms with Gasteiger partial charge in [0.1, 0.15) is 5.82 Å². The van der Waals surface area contributed by atoms with Crippen LogP contribution in [0.4, 0.5) is 4.39 Å². The van der Waals surface area contributed by atoms with Crippen LogP contribution in [0.3, 0.4) is 0 Å². The Bertz CT molecular complexity index is 748. The highest BCUT2D eigenvalue weighted by molar-refractivity contribution is 5.74. The van der Waals surface area contributed by atoms with E-state index in [0.717, 1.165) is 22.2 Å². The number of aryl methyl sites for hydroxylation is 1. The molecule has 0 fully saturated rings. The maximum absolute atomic E-state index is 13.4. The van der Waals surface area contributed by atoms with Crippen molar-refractivity contribution in [2.24, 2.45) is 5.73 Å². The third kappa shape index (κ3) is 2.30. The van der Waals surface area contributed by atoms with Gasteiger partial charge in [0.05, 0.1) is 17.4 Å². The van der Waals surface area contributed by atoms with Crippen LogP contribution < -0.4 is 5.73 Å². The molecular formula is C16H16FN3. The molecule has 2 aromatic carbocycles. The van der Waals surface area contributed by atoms with Gasteiger partial charge in [0, 0.05) is 12.6 Å².